The Morgan fingerprint density at radius 3 is 3.00 bits per heavy atom. The highest BCUT2D eigenvalue weighted by Gasteiger charge is 2.31. The van der Waals surface area contributed by atoms with Gasteiger partial charge in [-0.3, -0.25) is 0 Å². The largest absolute Gasteiger partial charge is 0.493 e. The molecule has 0 amide bonds. The fourth-order valence-corrected chi connectivity index (χ4v) is 3.37. The second-order valence-electron chi connectivity index (χ2n) is 6.58. The lowest BCUT2D eigenvalue weighted by molar-refractivity contribution is 0.236. The van der Waals surface area contributed by atoms with Crippen molar-refractivity contribution in [2.45, 2.75) is 46.2 Å². The van der Waals surface area contributed by atoms with Crippen LogP contribution in [-0.4, -0.2) is 6.61 Å². The molecule has 1 unspecified atom stereocenters. The minimum absolute atomic E-state index is 0.522. The Hall–Kier alpha value is -1.02. The number of benzene rings is 1. The fraction of sp³-hybridized carbons (Fsp3) is 0.625. The van der Waals surface area contributed by atoms with Gasteiger partial charge in [0, 0.05) is 18.7 Å². The lowest BCUT2D eigenvalue weighted by atomic mass is 9.91. The molecular formula is C16H23NO. The molecule has 1 aliphatic carbocycles. The lowest BCUT2D eigenvalue weighted by Gasteiger charge is -2.18. The average molecular weight is 245 g/mol. The summed E-state index contributed by atoms with van der Waals surface area (Å²) in [6, 6.07) is 6.42. The van der Waals surface area contributed by atoms with E-state index in [9.17, 15) is 0 Å². The summed E-state index contributed by atoms with van der Waals surface area (Å²) in [4.78, 5) is 0. The van der Waals surface area contributed by atoms with Crippen molar-refractivity contribution in [1.82, 2.24) is 5.32 Å². The molecule has 18 heavy (non-hydrogen) atoms. The van der Waals surface area contributed by atoms with Gasteiger partial charge in [0.15, 0.2) is 0 Å². The van der Waals surface area contributed by atoms with E-state index in [4.69, 9.17) is 4.74 Å². The summed E-state index contributed by atoms with van der Waals surface area (Å²) in [5.74, 6) is 1.84. The van der Waals surface area contributed by atoms with Gasteiger partial charge >= 0.3 is 0 Å². The molecule has 0 bridgehead atoms. The number of hydrogen-bond acceptors (Lipinski definition) is 2. The van der Waals surface area contributed by atoms with Gasteiger partial charge in [0.25, 0.3) is 0 Å². The van der Waals surface area contributed by atoms with Crippen LogP contribution >= 0.6 is 0 Å². The molecule has 3 rings (SSSR count). The molecule has 1 aliphatic heterocycles. The molecule has 1 N–H and O–H groups in total. The van der Waals surface area contributed by atoms with Crippen LogP contribution in [0.25, 0.3) is 0 Å². The Morgan fingerprint density at radius 2 is 2.22 bits per heavy atom. The van der Waals surface area contributed by atoms with Crippen LogP contribution in [-0.2, 0) is 13.1 Å². The first-order valence-electron chi connectivity index (χ1n) is 7.08. The van der Waals surface area contributed by atoms with Gasteiger partial charge in [-0.25, -0.2) is 0 Å². The van der Waals surface area contributed by atoms with Crippen molar-refractivity contribution in [2.75, 3.05) is 6.61 Å². The highest BCUT2D eigenvalue weighted by molar-refractivity contribution is 5.42. The average Bonchev–Trinajstić information content (AvgIpc) is 2.92. The molecule has 2 nitrogen and oxygen atoms in total. The zero-order chi connectivity index (χ0) is 12.6. The summed E-state index contributed by atoms with van der Waals surface area (Å²) in [5.41, 5.74) is 3.29. The van der Waals surface area contributed by atoms with Gasteiger partial charge in [0.2, 0.25) is 0 Å². The van der Waals surface area contributed by atoms with Crippen molar-refractivity contribution in [2.24, 2.45) is 11.3 Å². The SMILES string of the molecule is CC1(C)CCC(COc2cccc3c2CNC3)C1. The van der Waals surface area contributed by atoms with Crippen LogP contribution in [0, 0.1) is 11.3 Å². The second kappa shape index (κ2) is 4.58. The number of fused-ring (bicyclic) bond motifs is 1. The molecule has 1 atom stereocenters. The minimum Gasteiger partial charge on any atom is -0.493 e. The zero-order valence-electron chi connectivity index (χ0n) is 11.5. The number of nitrogens with one attached hydrogen (secondary N) is 1. The third kappa shape index (κ3) is 2.39. The van der Waals surface area contributed by atoms with E-state index in [0.29, 0.717) is 5.41 Å². The maximum Gasteiger partial charge on any atom is 0.124 e. The molecule has 2 heteroatoms. The zero-order valence-corrected chi connectivity index (χ0v) is 11.5. The minimum atomic E-state index is 0.522. The highest BCUT2D eigenvalue weighted by Crippen LogP contribution is 2.41. The lowest BCUT2D eigenvalue weighted by Crippen LogP contribution is -2.12. The van der Waals surface area contributed by atoms with Crippen LogP contribution in [0.2, 0.25) is 0 Å². The summed E-state index contributed by atoms with van der Waals surface area (Å²) >= 11 is 0. The summed E-state index contributed by atoms with van der Waals surface area (Å²) < 4.78 is 6.09. The van der Waals surface area contributed by atoms with Crippen LogP contribution in [0.3, 0.4) is 0 Å². The molecule has 1 aromatic rings. The monoisotopic (exact) mass is 245 g/mol. The van der Waals surface area contributed by atoms with Crippen molar-refractivity contribution in [1.29, 1.82) is 0 Å². The molecule has 0 radical (unpaired) electrons. The summed E-state index contributed by atoms with van der Waals surface area (Å²) in [6.07, 6.45) is 3.97. The van der Waals surface area contributed by atoms with E-state index in [1.807, 2.05) is 0 Å². The third-order valence-electron chi connectivity index (χ3n) is 4.39. The molecule has 0 spiro atoms. The molecule has 1 saturated carbocycles. The van der Waals surface area contributed by atoms with Gasteiger partial charge in [-0.15, -0.1) is 0 Å². The fourth-order valence-electron chi connectivity index (χ4n) is 3.37. The van der Waals surface area contributed by atoms with Gasteiger partial charge in [0.1, 0.15) is 5.75 Å². The summed E-state index contributed by atoms with van der Waals surface area (Å²) in [7, 11) is 0. The molecule has 2 aliphatic rings. The van der Waals surface area contributed by atoms with Crippen LogP contribution in [0.15, 0.2) is 18.2 Å². The molecule has 1 fully saturated rings. The molecule has 0 aromatic heterocycles. The first kappa shape index (κ1) is 12.0. The first-order valence-corrected chi connectivity index (χ1v) is 7.08. The van der Waals surface area contributed by atoms with Gasteiger partial charge in [-0.05, 0) is 42.2 Å². The van der Waals surface area contributed by atoms with Gasteiger partial charge in [-0.1, -0.05) is 26.0 Å². The van der Waals surface area contributed by atoms with E-state index < -0.39 is 0 Å². The predicted molar refractivity (Wildman–Crippen MR) is 73.6 cm³/mol. The van der Waals surface area contributed by atoms with Crippen molar-refractivity contribution in [3.05, 3.63) is 29.3 Å². The van der Waals surface area contributed by atoms with Crippen LogP contribution in [0.4, 0.5) is 0 Å². The molecule has 1 aromatic carbocycles. The molecular weight excluding hydrogens is 222 g/mol. The normalized spacial score (nSPS) is 25.1. The predicted octanol–water partition coefficient (Wildman–Crippen LogP) is 3.49. The van der Waals surface area contributed by atoms with Crippen molar-refractivity contribution < 1.29 is 4.74 Å². The topological polar surface area (TPSA) is 21.3 Å². The third-order valence-corrected chi connectivity index (χ3v) is 4.39. The second-order valence-corrected chi connectivity index (χ2v) is 6.58. The summed E-state index contributed by atoms with van der Waals surface area (Å²) in [5, 5.41) is 3.39. The molecule has 1 heterocycles. The van der Waals surface area contributed by atoms with Gasteiger partial charge in [0.05, 0.1) is 6.61 Å². The van der Waals surface area contributed by atoms with E-state index in [1.165, 1.54) is 30.4 Å². The molecule has 0 saturated heterocycles. The van der Waals surface area contributed by atoms with Crippen LogP contribution < -0.4 is 10.1 Å². The smallest absolute Gasteiger partial charge is 0.124 e. The van der Waals surface area contributed by atoms with E-state index in [1.54, 1.807) is 0 Å². The number of hydrogen-bond donors (Lipinski definition) is 1. The van der Waals surface area contributed by atoms with Crippen molar-refractivity contribution >= 4 is 0 Å². The Bertz CT molecular complexity index is 439. The number of rotatable bonds is 3. The Kier molecular flexibility index (Phi) is 3.06. The van der Waals surface area contributed by atoms with E-state index in [-0.39, 0.29) is 0 Å². The Balaban J connectivity index is 1.63. The van der Waals surface area contributed by atoms with Gasteiger partial charge < -0.3 is 10.1 Å². The van der Waals surface area contributed by atoms with Crippen LogP contribution in [0.5, 0.6) is 5.75 Å². The van der Waals surface area contributed by atoms with Crippen molar-refractivity contribution in [3.8, 4) is 5.75 Å². The Morgan fingerprint density at radius 1 is 1.33 bits per heavy atom. The van der Waals surface area contributed by atoms with E-state index in [2.05, 4.69) is 37.4 Å². The Labute approximate surface area is 110 Å². The summed E-state index contributed by atoms with van der Waals surface area (Å²) in [6.45, 7) is 7.58. The van der Waals surface area contributed by atoms with Crippen LogP contribution in [0.1, 0.15) is 44.2 Å². The maximum atomic E-state index is 6.09. The maximum absolute atomic E-state index is 6.09. The number of ether oxygens (including phenoxy) is 1. The first-order chi connectivity index (χ1) is 8.64. The standard InChI is InChI=1S/C16H23NO/c1-16(2)7-6-12(8-16)11-18-15-5-3-4-13-9-17-10-14(13)15/h3-5,12,17H,6-11H2,1-2H3. The molecule has 98 valence electrons. The highest BCUT2D eigenvalue weighted by atomic mass is 16.5. The van der Waals surface area contributed by atoms with Crippen molar-refractivity contribution in [3.63, 3.8) is 0 Å². The quantitative estimate of drug-likeness (QED) is 0.880. The van der Waals surface area contributed by atoms with E-state index >= 15 is 0 Å². The van der Waals surface area contributed by atoms with Gasteiger partial charge in [-0.2, -0.15) is 0 Å². The van der Waals surface area contributed by atoms with E-state index in [0.717, 1.165) is 31.4 Å².